The van der Waals surface area contributed by atoms with Gasteiger partial charge in [-0.3, -0.25) is 10.1 Å². The number of nitrogens with zero attached hydrogens (tertiary/aromatic N) is 3. The molecular weight excluding hydrogens is 402 g/mol. The van der Waals surface area contributed by atoms with E-state index in [4.69, 9.17) is 16.3 Å². The van der Waals surface area contributed by atoms with Crippen molar-refractivity contribution in [3.8, 4) is 0 Å². The maximum Gasteiger partial charge on any atom is 0.410 e. The molecule has 0 saturated carbocycles. The third-order valence-corrected chi connectivity index (χ3v) is 4.81. The number of carboxylic acids is 1. The second-order valence-electron chi connectivity index (χ2n) is 6.42. The number of aliphatic carboxylic acids is 1. The SMILES string of the molecule is O=C(O)C1CN(C(=O)OCc2ccccc2)CCN1c1ccc(Cl)cc1[N+](=O)[O-]. The Morgan fingerprint density at radius 3 is 2.59 bits per heavy atom. The number of rotatable bonds is 5. The number of hydrogen-bond acceptors (Lipinski definition) is 6. The zero-order valence-electron chi connectivity index (χ0n) is 15.2. The normalized spacial score (nSPS) is 16.4. The van der Waals surface area contributed by atoms with E-state index in [1.165, 1.54) is 28.0 Å². The van der Waals surface area contributed by atoms with Crippen molar-refractivity contribution < 1.29 is 24.4 Å². The van der Waals surface area contributed by atoms with Crippen LogP contribution in [-0.2, 0) is 16.1 Å². The fourth-order valence-electron chi connectivity index (χ4n) is 3.14. The molecule has 1 amide bonds. The Kier molecular flexibility index (Phi) is 6.18. The number of carboxylic acid groups (broad SMARTS) is 1. The first kappa shape index (κ1) is 20.4. The lowest BCUT2D eigenvalue weighted by atomic mass is 10.1. The van der Waals surface area contributed by atoms with E-state index in [2.05, 4.69) is 0 Å². The molecule has 9 nitrogen and oxygen atoms in total. The minimum atomic E-state index is -1.20. The molecule has 1 fully saturated rings. The first-order valence-corrected chi connectivity index (χ1v) is 9.13. The minimum absolute atomic E-state index is 0.0697. The maximum absolute atomic E-state index is 12.4. The van der Waals surface area contributed by atoms with Crippen molar-refractivity contribution in [2.24, 2.45) is 0 Å². The Morgan fingerprint density at radius 1 is 1.21 bits per heavy atom. The summed E-state index contributed by atoms with van der Waals surface area (Å²) in [6.07, 6.45) is -0.634. The van der Waals surface area contributed by atoms with Crippen LogP contribution in [0.2, 0.25) is 5.02 Å². The zero-order chi connectivity index (χ0) is 21.0. The Hall–Kier alpha value is -3.33. The van der Waals surface area contributed by atoms with Gasteiger partial charge < -0.3 is 19.6 Å². The summed E-state index contributed by atoms with van der Waals surface area (Å²) in [6, 6.07) is 12.0. The second kappa shape index (κ2) is 8.78. The van der Waals surface area contributed by atoms with Gasteiger partial charge in [0.05, 0.1) is 11.5 Å². The highest BCUT2D eigenvalue weighted by molar-refractivity contribution is 6.30. The molecule has 1 N–H and O–H groups in total. The minimum Gasteiger partial charge on any atom is -0.480 e. The van der Waals surface area contributed by atoms with Gasteiger partial charge in [0.2, 0.25) is 0 Å². The molecule has 0 aliphatic carbocycles. The number of anilines is 1. The average Bonchev–Trinajstić information content (AvgIpc) is 2.72. The molecular formula is C19H18ClN3O6. The van der Waals surface area contributed by atoms with Crippen LogP contribution < -0.4 is 4.90 Å². The smallest absolute Gasteiger partial charge is 0.410 e. The quantitative estimate of drug-likeness (QED) is 0.584. The summed E-state index contributed by atoms with van der Waals surface area (Å²) in [7, 11) is 0. The molecule has 1 unspecified atom stereocenters. The lowest BCUT2D eigenvalue weighted by molar-refractivity contribution is -0.384. The molecule has 1 aliphatic rings. The van der Waals surface area contributed by atoms with Gasteiger partial charge in [0.15, 0.2) is 0 Å². The van der Waals surface area contributed by atoms with Crippen LogP contribution in [0.3, 0.4) is 0 Å². The molecule has 1 atom stereocenters. The van der Waals surface area contributed by atoms with E-state index in [0.717, 1.165) is 5.56 Å². The first-order valence-electron chi connectivity index (χ1n) is 8.76. The van der Waals surface area contributed by atoms with Gasteiger partial charge in [0.1, 0.15) is 18.3 Å². The Bertz CT molecular complexity index is 923. The third-order valence-electron chi connectivity index (χ3n) is 4.57. The summed E-state index contributed by atoms with van der Waals surface area (Å²) in [4.78, 5) is 37.6. The molecule has 0 bridgehead atoms. The molecule has 0 spiro atoms. The third kappa shape index (κ3) is 4.75. The van der Waals surface area contributed by atoms with Crippen molar-refractivity contribution in [2.75, 3.05) is 24.5 Å². The number of nitro benzene ring substituents is 1. The topological polar surface area (TPSA) is 113 Å². The van der Waals surface area contributed by atoms with E-state index in [9.17, 15) is 24.8 Å². The van der Waals surface area contributed by atoms with E-state index in [1.54, 1.807) is 0 Å². The fraction of sp³-hybridized carbons (Fsp3) is 0.263. The monoisotopic (exact) mass is 419 g/mol. The number of ether oxygens (including phenoxy) is 1. The molecule has 0 aromatic heterocycles. The van der Waals surface area contributed by atoms with Crippen LogP contribution in [0.4, 0.5) is 16.2 Å². The highest BCUT2D eigenvalue weighted by Gasteiger charge is 2.37. The second-order valence-corrected chi connectivity index (χ2v) is 6.86. The van der Waals surface area contributed by atoms with Crippen molar-refractivity contribution in [3.05, 3.63) is 69.2 Å². The first-order chi connectivity index (χ1) is 13.9. The molecule has 3 rings (SSSR count). The number of benzene rings is 2. The van der Waals surface area contributed by atoms with Crippen LogP contribution >= 0.6 is 11.6 Å². The molecule has 1 aliphatic heterocycles. The van der Waals surface area contributed by atoms with Crippen molar-refractivity contribution >= 4 is 35.0 Å². The lowest BCUT2D eigenvalue weighted by Gasteiger charge is -2.39. The Labute approximate surface area is 171 Å². The van der Waals surface area contributed by atoms with Crippen LogP contribution in [0.15, 0.2) is 48.5 Å². The van der Waals surface area contributed by atoms with Crippen molar-refractivity contribution in [2.45, 2.75) is 12.6 Å². The Morgan fingerprint density at radius 2 is 1.93 bits per heavy atom. The van der Waals surface area contributed by atoms with Gasteiger partial charge in [-0.05, 0) is 17.7 Å². The summed E-state index contributed by atoms with van der Waals surface area (Å²) < 4.78 is 5.26. The molecule has 10 heteroatoms. The highest BCUT2D eigenvalue weighted by atomic mass is 35.5. The predicted octanol–water partition coefficient (Wildman–Crippen LogP) is 3.16. The van der Waals surface area contributed by atoms with E-state index in [-0.39, 0.29) is 42.6 Å². The van der Waals surface area contributed by atoms with Gasteiger partial charge in [-0.25, -0.2) is 9.59 Å². The number of carbonyl (C=O) groups is 2. The number of carbonyl (C=O) groups excluding carboxylic acids is 1. The number of piperazine rings is 1. The number of amides is 1. The van der Waals surface area contributed by atoms with Crippen LogP contribution in [0.25, 0.3) is 0 Å². The van der Waals surface area contributed by atoms with Gasteiger partial charge in [0, 0.05) is 24.2 Å². The molecule has 0 radical (unpaired) electrons. The van der Waals surface area contributed by atoms with E-state index < -0.39 is 23.0 Å². The standard InChI is InChI=1S/C19H18ClN3O6/c20-14-6-7-15(16(10-14)23(27)28)22-9-8-21(11-17(22)18(24)25)19(26)29-12-13-4-2-1-3-5-13/h1-7,10,17H,8-9,11-12H2,(H,24,25). The van der Waals surface area contributed by atoms with E-state index in [1.807, 2.05) is 30.3 Å². The molecule has 152 valence electrons. The average molecular weight is 420 g/mol. The molecule has 1 heterocycles. The zero-order valence-corrected chi connectivity index (χ0v) is 16.0. The van der Waals surface area contributed by atoms with Crippen molar-refractivity contribution in [1.29, 1.82) is 0 Å². The summed E-state index contributed by atoms with van der Waals surface area (Å²) in [5.74, 6) is -1.20. The van der Waals surface area contributed by atoms with Crippen LogP contribution in [0, 0.1) is 10.1 Å². The molecule has 1 saturated heterocycles. The largest absolute Gasteiger partial charge is 0.480 e. The van der Waals surface area contributed by atoms with Gasteiger partial charge >= 0.3 is 12.1 Å². The van der Waals surface area contributed by atoms with Gasteiger partial charge in [-0.2, -0.15) is 0 Å². The highest BCUT2D eigenvalue weighted by Crippen LogP contribution is 2.33. The van der Waals surface area contributed by atoms with Crippen molar-refractivity contribution in [1.82, 2.24) is 4.90 Å². The van der Waals surface area contributed by atoms with E-state index >= 15 is 0 Å². The number of nitro groups is 1. The number of hydrogen-bond donors (Lipinski definition) is 1. The maximum atomic E-state index is 12.4. The Balaban J connectivity index is 1.74. The summed E-state index contributed by atoms with van der Waals surface area (Å²) in [5, 5.41) is 21.2. The van der Waals surface area contributed by atoms with Crippen molar-refractivity contribution in [3.63, 3.8) is 0 Å². The van der Waals surface area contributed by atoms with Crippen LogP contribution in [-0.4, -0.2) is 52.7 Å². The lowest BCUT2D eigenvalue weighted by Crippen LogP contribution is -2.58. The van der Waals surface area contributed by atoms with Crippen LogP contribution in [0.1, 0.15) is 5.56 Å². The van der Waals surface area contributed by atoms with Gasteiger partial charge in [-0.1, -0.05) is 41.9 Å². The molecule has 29 heavy (non-hydrogen) atoms. The molecule has 2 aromatic rings. The summed E-state index contributed by atoms with van der Waals surface area (Å²) in [6.45, 7) is 0.167. The summed E-state index contributed by atoms with van der Waals surface area (Å²) >= 11 is 5.84. The summed E-state index contributed by atoms with van der Waals surface area (Å²) in [5.41, 5.74) is 0.666. The fourth-order valence-corrected chi connectivity index (χ4v) is 3.31. The van der Waals surface area contributed by atoms with Gasteiger partial charge in [-0.15, -0.1) is 0 Å². The van der Waals surface area contributed by atoms with Gasteiger partial charge in [0.25, 0.3) is 5.69 Å². The molecule has 2 aromatic carbocycles. The van der Waals surface area contributed by atoms with Crippen LogP contribution in [0.5, 0.6) is 0 Å². The predicted molar refractivity (Wildman–Crippen MR) is 105 cm³/mol. The number of halogens is 1. The van der Waals surface area contributed by atoms with E-state index in [0.29, 0.717) is 0 Å².